The van der Waals surface area contributed by atoms with Crippen molar-refractivity contribution < 1.29 is 8.91 Å². The summed E-state index contributed by atoms with van der Waals surface area (Å²) in [6.45, 7) is 1.72. The summed E-state index contributed by atoms with van der Waals surface area (Å²) in [4.78, 5) is 7.20. The number of nitrogens with zero attached hydrogens (tertiary/aromatic N) is 2. The second-order valence-electron chi connectivity index (χ2n) is 3.55. The van der Waals surface area contributed by atoms with Gasteiger partial charge >= 0.3 is 0 Å². The van der Waals surface area contributed by atoms with Crippen molar-refractivity contribution in [1.29, 1.82) is 0 Å². The number of benzene rings is 1. The van der Waals surface area contributed by atoms with E-state index in [4.69, 9.17) is 4.52 Å². The highest BCUT2D eigenvalue weighted by Crippen LogP contribution is 2.22. The quantitative estimate of drug-likeness (QED) is 0.681. The molecular weight excluding hydrogens is 209 g/mol. The van der Waals surface area contributed by atoms with E-state index in [2.05, 4.69) is 15.1 Å². The van der Waals surface area contributed by atoms with E-state index in [0.717, 1.165) is 16.6 Å². The Balaban J connectivity index is 2.18. The van der Waals surface area contributed by atoms with Crippen LogP contribution in [0.5, 0.6) is 0 Å². The Morgan fingerprint density at radius 3 is 2.94 bits per heavy atom. The minimum Gasteiger partial charge on any atom is -0.352 e. The summed E-state index contributed by atoms with van der Waals surface area (Å²) < 4.78 is 17.9. The first-order valence-corrected chi connectivity index (χ1v) is 4.81. The summed E-state index contributed by atoms with van der Waals surface area (Å²) in [6, 6.07) is 6.34. The molecule has 2 aromatic heterocycles. The molecule has 0 aliphatic rings. The third kappa shape index (κ3) is 1.37. The second-order valence-corrected chi connectivity index (χ2v) is 3.55. The van der Waals surface area contributed by atoms with E-state index in [-0.39, 0.29) is 5.82 Å². The molecule has 0 atom stereocenters. The van der Waals surface area contributed by atoms with Crippen LogP contribution in [0.1, 0.15) is 5.89 Å². The predicted octanol–water partition coefficient (Wildman–Crippen LogP) is 2.67. The first-order chi connectivity index (χ1) is 7.72. The largest absolute Gasteiger partial charge is 0.352 e. The number of nitrogens with one attached hydrogen (secondary N) is 1. The third-order valence-electron chi connectivity index (χ3n) is 2.35. The van der Waals surface area contributed by atoms with Crippen LogP contribution in [0.15, 0.2) is 28.8 Å². The van der Waals surface area contributed by atoms with Crippen LogP contribution in [0.2, 0.25) is 0 Å². The normalized spacial score (nSPS) is 11.1. The van der Waals surface area contributed by atoms with Crippen LogP contribution in [0, 0.1) is 12.7 Å². The Morgan fingerprint density at radius 2 is 2.19 bits per heavy atom. The van der Waals surface area contributed by atoms with E-state index in [9.17, 15) is 4.39 Å². The summed E-state index contributed by atoms with van der Waals surface area (Å²) in [5.41, 5.74) is 1.57. The molecule has 5 heteroatoms. The van der Waals surface area contributed by atoms with Crippen molar-refractivity contribution in [3.8, 4) is 11.5 Å². The second kappa shape index (κ2) is 3.16. The lowest BCUT2D eigenvalue weighted by Gasteiger charge is -1.87. The molecule has 0 amide bonds. The molecule has 0 bridgehead atoms. The lowest BCUT2D eigenvalue weighted by Crippen LogP contribution is -1.79. The standard InChI is InChI=1S/C11H8FN3O/c1-6-13-11(15-16-6)10-5-7-4-8(12)2-3-9(7)14-10/h2-5,14H,1H3. The van der Waals surface area contributed by atoms with Crippen LogP contribution in [-0.4, -0.2) is 15.1 Å². The zero-order chi connectivity index (χ0) is 11.1. The van der Waals surface area contributed by atoms with Gasteiger partial charge in [-0.15, -0.1) is 0 Å². The van der Waals surface area contributed by atoms with Crippen molar-refractivity contribution in [1.82, 2.24) is 15.1 Å². The van der Waals surface area contributed by atoms with Gasteiger partial charge in [-0.2, -0.15) is 4.98 Å². The molecule has 0 aliphatic heterocycles. The number of hydrogen-bond acceptors (Lipinski definition) is 3. The van der Waals surface area contributed by atoms with Crippen molar-refractivity contribution in [3.05, 3.63) is 36.0 Å². The number of H-pyrrole nitrogens is 1. The van der Waals surface area contributed by atoms with Gasteiger partial charge in [0.1, 0.15) is 5.82 Å². The van der Waals surface area contributed by atoms with Crippen molar-refractivity contribution in [2.45, 2.75) is 6.92 Å². The third-order valence-corrected chi connectivity index (χ3v) is 2.35. The molecule has 0 aliphatic carbocycles. The van der Waals surface area contributed by atoms with E-state index in [1.165, 1.54) is 12.1 Å². The van der Waals surface area contributed by atoms with Crippen LogP contribution in [0.4, 0.5) is 4.39 Å². The lowest BCUT2D eigenvalue weighted by atomic mass is 10.2. The van der Waals surface area contributed by atoms with Gasteiger partial charge in [0.15, 0.2) is 0 Å². The van der Waals surface area contributed by atoms with Crippen LogP contribution < -0.4 is 0 Å². The van der Waals surface area contributed by atoms with E-state index < -0.39 is 0 Å². The van der Waals surface area contributed by atoms with Gasteiger partial charge in [-0.1, -0.05) is 5.16 Å². The molecule has 0 radical (unpaired) electrons. The average molecular weight is 217 g/mol. The minimum absolute atomic E-state index is 0.262. The number of aromatic amines is 1. The van der Waals surface area contributed by atoms with Crippen molar-refractivity contribution >= 4 is 10.9 Å². The van der Waals surface area contributed by atoms with Gasteiger partial charge in [0.25, 0.3) is 0 Å². The Kier molecular flexibility index (Phi) is 1.80. The van der Waals surface area contributed by atoms with Crippen molar-refractivity contribution in [3.63, 3.8) is 0 Å². The van der Waals surface area contributed by atoms with E-state index >= 15 is 0 Å². The van der Waals surface area contributed by atoms with Crippen LogP contribution in [0.3, 0.4) is 0 Å². The Hall–Kier alpha value is -2.17. The number of aryl methyl sites for hydroxylation is 1. The fourth-order valence-electron chi connectivity index (χ4n) is 1.63. The van der Waals surface area contributed by atoms with Gasteiger partial charge in [-0.25, -0.2) is 4.39 Å². The van der Waals surface area contributed by atoms with Crippen molar-refractivity contribution in [2.75, 3.05) is 0 Å². The summed E-state index contributed by atoms with van der Waals surface area (Å²) in [7, 11) is 0. The average Bonchev–Trinajstić information content (AvgIpc) is 2.83. The van der Waals surface area contributed by atoms with Crippen LogP contribution in [-0.2, 0) is 0 Å². The molecule has 0 unspecified atom stereocenters. The highest BCUT2D eigenvalue weighted by atomic mass is 19.1. The maximum atomic E-state index is 13.0. The first kappa shape index (κ1) is 9.08. The molecule has 2 heterocycles. The van der Waals surface area contributed by atoms with Crippen LogP contribution >= 0.6 is 0 Å². The molecule has 4 nitrogen and oxygen atoms in total. The van der Waals surface area contributed by atoms with E-state index in [1.807, 2.05) is 0 Å². The Labute approximate surface area is 90.1 Å². The predicted molar refractivity (Wildman–Crippen MR) is 56.3 cm³/mol. The van der Waals surface area contributed by atoms with Gasteiger partial charge in [0, 0.05) is 17.8 Å². The first-order valence-electron chi connectivity index (χ1n) is 4.81. The highest BCUT2D eigenvalue weighted by Gasteiger charge is 2.09. The monoisotopic (exact) mass is 217 g/mol. The Morgan fingerprint density at radius 1 is 1.31 bits per heavy atom. The van der Waals surface area contributed by atoms with Gasteiger partial charge < -0.3 is 9.51 Å². The molecule has 16 heavy (non-hydrogen) atoms. The molecule has 0 fully saturated rings. The summed E-state index contributed by atoms with van der Waals surface area (Å²) in [6.07, 6.45) is 0. The number of rotatable bonds is 1. The molecule has 1 aromatic carbocycles. The maximum absolute atomic E-state index is 13.0. The van der Waals surface area contributed by atoms with Gasteiger partial charge in [-0.3, -0.25) is 0 Å². The molecule has 80 valence electrons. The van der Waals surface area contributed by atoms with Gasteiger partial charge in [-0.05, 0) is 24.3 Å². The van der Waals surface area contributed by atoms with Gasteiger partial charge in [0.05, 0.1) is 5.69 Å². The molecule has 3 rings (SSSR count). The molecule has 0 spiro atoms. The topological polar surface area (TPSA) is 54.7 Å². The highest BCUT2D eigenvalue weighted by molar-refractivity contribution is 5.84. The Bertz CT molecular complexity index is 656. The van der Waals surface area contributed by atoms with Crippen LogP contribution in [0.25, 0.3) is 22.4 Å². The molecular formula is C11H8FN3O. The molecule has 0 saturated carbocycles. The number of aromatic nitrogens is 3. The minimum atomic E-state index is -0.262. The fraction of sp³-hybridized carbons (Fsp3) is 0.0909. The summed E-state index contributed by atoms with van der Waals surface area (Å²) in [5.74, 6) is 0.719. The molecule has 3 aromatic rings. The SMILES string of the molecule is Cc1nc(-c2cc3cc(F)ccc3[nH]2)no1. The number of halogens is 1. The number of hydrogen-bond donors (Lipinski definition) is 1. The zero-order valence-corrected chi connectivity index (χ0v) is 8.49. The number of fused-ring (bicyclic) bond motifs is 1. The summed E-state index contributed by atoms with van der Waals surface area (Å²) in [5, 5.41) is 4.58. The maximum Gasteiger partial charge on any atom is 0.223 e. The smallest absolute Gasteiger partial charge is 0.223 e. The summed E-state index contributed by atoms with van der Waals surface area (Å²) >= 11 is 0. The zero-order valence-electron chi connectivity index (χ0n) is 8.49. The molecule has 0 saturated heterocycles. The van der Waals surface area contributed by atoms with Crippen molar-refractivity contribution in [2.24, 2.45) is 0 Å². The fourth-order valence-corrected chi connectivity index (χ4v) is 1.63. The van der Waals surface area contributed by atoms with E-state index in [1.54, 1.807) is 19.1 Å². The molecule has 1 N–H and O–H groups in total. The van der Waals surface area contributed by atoms with Gasteiger partial charge in [0.2, 0.25) is 11.7 Å². The lowest BCUT2D eigenvalue weighted by molar-refractivity contribution is 0.394. The van der Waals surface area contributed by atoms with E-state index in [0.29, 0.717) is 11.7 Å².